The summed E-state index contributed by atoms with van der Waals surface area (Å²) in [7, 11) is 1.82. The van der Waals surface area contributed by atoms with Gasteiger partial charge in [-0.1, -0.05) is 11.6 Å². The molecule has 3 rings (SSSR count). The highest BCUT2D eigenvalue weighted by molar-refractivity contribution is 6.32. The molecule has 108 valence electrons. The second-order valence-electron chi connectivity index (χ2n) is 5.38. The molecule has 1 aromatic rings. The van der Waals surface area contributed by atoms with Crippen LogP contribution >= 0.6 is 11.6 Å². The average molecular weight is 294 g/mol. The van der Waals surface area contributed by atoms with E-state index in [1.54, 1.807) is 6.20 Å². The predicted molar refractivity (Wildman–Crippen MR) is 82.5 cm³/mol. The van der Waals surface area contributed by atoms with Gasteiger partial charge in [-0.05, 0) is 31.4 Å². The summed E-state index contributed by atoms with van der Waals surface area (Å²) >= 11 is 6.20. The molecular formula is C14H20ClN5. The summed E-state index contributed by atoms with van der Waals surface area (Å²) in [5, 5.41) is 7.61. The van der Waals surface area contributed by atoms with Gasteiger partial charge in [0, 0.05) is 38.4 Å². The first-order valence-corrected chi connectivity index (χ1v) is 7.49. The van der Waals surface area contributed by atoms with E-state index in [0.29, 0.717) is 17.1 Å². The van der Waals surface area contributed by atoms with E-state index in [1.807, 2.05) is 19.2 Å². The Balaban J connectivity index is 1.57. The first-order valence-electron chi connectivity index (χ1n) is 7.11. The van der Waals surface area contributed by atoms with Crippen molar-refractivity contribution in [1.29, 1.82) is 0 Å². The van der Waals surface area contributed by atoms with Gasteiger partial charge in [0.1, 0.15) is 5.82 Å². The SMILES string of the molecule is CN=C(NC1CC1)NC1CCN(c2ncccc2Cl)C1. The molecule has 1 aromatic heterocycles. The van der Waals surface area contributed by atoms with Crippen molar-refractivity contribution >= 4 is 23.4 Å². The molecule has 0 amide bonds. The number of aromatic nitrogens is 1. The third-order valence-electron chi connectivity index (χ3n) is 3.71. The number of guanidine groups is 1. The molecule has 20 heavy (non-hydrogen) atoms. The second kappa shape index (κ2) is 5.87. The van der Waals surface area contributed by atoms with Crippen LogP contribution < -0.4 is 15.5 Å². The zero-order valence-electron chi connectivity index (χ0n) is 11.6. The third kappa shape index (κ3) is 3.15. The molecule has 1 aliphatic heterocycles. The molecule has 1 saturated carbocycles. The first-order chi connectivity index (χ1) is 9.76. The van der Waals surface area contributed by atoms with Crippen molar-refractivity contribution in [3.63, 3.8) is 0 Å². The van der Waals surface area contributed by atoms with Crippen LogP contribution in [-0.4, -0.2) is 43.2 Å². The van der Waals surface area contributed by atoms with Crippen molar-refractivity contribution in [2.75, 3.05) is 25.0 Å². The highest BCUT2D eigenvalue weighted by Gasteiger charge is 2.27. The van der Waals surface area contributed by atoms with E-state index in [2.05, 4.69) is 25.5 Å². The van der Waals surface area contributed by atoms with E-state index < -0.39 is 0 Å². The monoisotopic (exact) mass is 293 g/mol. The van der Waals surface area contributed by atoms with E-state index in [-0.39, 0.29) is 0 Å². The second-order valence-corrected chi connectivity index (χ2v) is 5.78. The Bertz CT molecular complexity index is 500. The van der Waals surface area contributed by atoms with Crippen LogP contribution in [0.15, 0.2) is 23.3 Å². The molecular weight excluding hydrogens is 274 g/mol. The summed E-state index contributed by atoms with van der Waals surface area (Å²) in [5.74, 6) is 1.79. The van der Waals surface area contributed by atoms with Gasteiger partial charge in [-0.3, -0.25) is 4.99 Å². The fraction of sp³-hybridized carbons (Fsp3) is 0.571. The number of nitrogens with zero attached hydrogens (tertiary/aromatic N) is 3. The highest BCUT2D eigenvalue weighted by Crippen LogP contribution is 2.25. The fourth-order valence-electron chi connectivity index (χ4n) is 2.47. The number of nitrogens with one attached hydrogen (secondary N) is 2. The van der Waals surface area contributed by atoms with Gasteiger partial charge in [0.05, 0.1) is 5.02 Å². The predicted octanol–water partition coefficient (Wildman–Crippen LogP) is 1.64. The van der Waals surface area contributed by atoms with Crippen LogP contribution in [-0.2, 0) is 0 Å². The maximum atomic E-state index is 6.20. The van der Waals surface area contributed by atoms with Crippen LogP contribution in [0.5, 0.6) is 0 Å². The van der Waals surface area contributed by atoms with Gasteiger partial charge in [-0.2, -0.15) is 0 Å². The van der Waals surface area contributed by atoms with E-state index >= 15 is 0 Å². The number of aliphatic imine (C=N–C) groups is 1. The van der Waals surface area contributed by atoms with Gasteiger partial charge < -0.3 is 15.5 Å². The molecule has 6 heteroatoms. The Hall–Kier alpha value is -1.49. The topological polar surface area (TPSA) is 52.6 Å². The van der Waals surface area contributed by atoms with E-state index in [4.69, 9.17) is 11.6 Å². The Kier molecular flexibility index (Phi) is 3.96. The smallest absolute Gasteiger partial charge is 0.191 e. The van der Waals surface area contributed by atoms with Crippen molar-refractivity contribution < 1.29 is 0 Å². The van der Waals surface area contributed by atoms with E-state index in [0.717, 1.165) is 31.3 Å². The maximum Gasteiger partial charge on any atom is 0.191 e. The molecule has 5 nitrogen and oxygen atoms in total. The molecule has 2 N–H and O–H groups in total. The lowest BCUT2D eigenvalue weighted by atomic mass is 10.3. The van der Waals surface area contributed by atoms with E-state index in [9.17, 15) is 0 Å². The standard InChI is InChI=1S/C14H20ClN5/c1-16-14(18-10-4-5-10)19-11-6-8-20(9-11)13-12(15)3-2-7-17-13/h2-3,7,10-11H,4-6,8-9H2,1H3,(H2,16,18,19). The van der Waals surface area contributed by atoms with Crippen LogP contribution in [0.3, 0.4) is 0 Å². The zero-order chi connectivity index (χ0) is 13.9. The summed E-state index contributed by atoms with van der Waals surface area (Å²) < 4.78 is 0. The summed E-state index contributed by atoms with van der Waals surface area (Å²) in [5.41, 5.74) is 0. The molecule has 2 fully saturated rings. The lowest BCUT2D eigenvalue weighted by Gasteiger charge is -2.20. The van der Waals surface area contributed by atoms with Crippen molar-refractivity contribution in [3.05, 3.63) is 23.4 Å². The van der Waals surface area contributed by atoms with Crippen LogP contribution in [0.1, 0.15) is 19.3 Å². The number of hydrogen-bond acceptors (Lipinski definition) is 3. The number of rotatable bonds is 3. The van der Waals surface area contributed by atoms with Crippen LogP contribution in [0, 0.1) is 0 Å². The maximum absolute atomic E-state index is 6.20. The first kappa shape index (κ1) is 13.5. The highest BCUT2D eigenvalue weighted by atomic mass is 35.5. The quantitative estimate of drug-likeness (QED) is 0.657. The Morgan fingerprint density at radius 2 is 2.15 bits per heavy atom. The molecule has 0 radical (unpaired) electrons. The molecule has 1 aliphatic carbocycles. The Morgan fingerprint density at radius 1 is 1.35 bits per heavy atom. The summed E-state index contributed by atoms with van der Waals surface area (Å²) in [6.07, 6.45) is 5.36. The Morgan fingerprint density at radius 3 is 2.85 bits per heavy atom. The summed E-state index contributed by atoms with van der Waals surface area (Å²) in [6.45, 7) is 1.87. The summed E-state index contributed by atoms with van der Waals surface area (Å²) in [6, 6.07) is 4.75. The molecule has 1 saturated heterocycles. The third-order valence-corrected chi connectivity index (χ3v) is 4.00. The zero-order valence-corrected chi connectivity index (χ0v) is 12.4. The summed E-state index contributed by atoms with van der Waals surface area (Å²) in [4.78, 5) is 10.9. The minimum absolute atomic E-state index is 0.387. The van der Waals surface area contributed by atoms with Crippen molar-refractivity contribution in [3.8, 4) is 0 Å². The van der Waals surface area contributed by atoms with Gasteiger partial charge >= 0.3 is 0 Å². The number of hydrogen-bond donors (Lipinski definition) is 2. The average Bonchev–Trinajstić information content (AvgIpc) is 3.15. The van der Waals surface area contributed by atoms with Crippen LogP contribution in [0.4, 0.5) is 5.82 Å². The van der Waals surface area contributed by atoms with Crippen LogP contribution in [0.2, 0.25) is 5.02 Å². The minimum atomic E-state index is 0.387. The van der Waals surface area contributed by atoms with Gasteiger partial charge in [0.2, 0.25) is 0 Å². The van der Waals surface area contributed by atoms with Gasteiger partial charge in [-0.25, -0.2) is 4.98 Å². The molecule has 0 aromatic carbocycles. The lowest BCUT2D eigenvalue weighted by Crippen LogP contribution is -2.45. The lowest BCUT2D eigenvalue weighted by molar-refractivity contribution is 0.647. The van der Waals surface area contributed by atoms with Crippen LogP contribution in [0.25, 0.3) is 0 Å². The minimum Gasteiger partial charge on any atom is -0.354 e. The number of halogens is 1. The molecule has 0 spiro atoms. The normalized spacial score (nSPS) is 23.0. The Labute approximate surface area is 124 Å². The molecule has 1 atom stereocenters. The molecule has 2 heterocycles. The van der Waals surface area contributed by atoms with Crippen molar-refractivity contribution in [1.82, 2.24) is 15.6 Å². The molecule has 2 aliphatic rings. The molecule has 1 unspecified atom stereocenters. The van der Waals surface area contributed by atoms with Gasteiger partial charge in [0.15, 0.2) is 5.96 Å². The van der Waals surface area contributed by atoms with E-state index in [1.165, 1.54) is 12.8 Å². The van der Waals surface area contributed by atoms with Gasteiger partial charge in [0.25, 0.3) is 0 Å². The number of anilines is 1. The number of pyridine rings is 1. The molecule has 0 bridgehead atoms. The van der Waals surface area contributed by atoms with Crippen molar-refractivity contribution in [2.45, 2.75) is 31.3 Å². The van der Waals surface area contributed by atoms with Gasteiger partial charge in [-0.15, -0.1) is 0 Å². The van der Waals surface area contributed by atoms with Crippen molar-refractivity contribution in [2.24, 2.45) is 4.99 Å². The largest absolute Gasteiger partial charge is 0.354 e. The fourth-order valence-corrected chi connectivity index (χ4v) is 2.71.